The molecule has 1 aromatic carbocycles. The number of nitrogens with two attached hydrogens (primary N) is 2. The summed E-state index contributed by atoms with van der Waals surface area (Å²) in [6, 6.07) is 7.79. The Hall–Kier alpha value is -3.53. The number of anilines is 1. The topological polar surface area (TPSA) is 130 Å². The first kappa shape index (κ1) is 24.6. The molecule has 1 aliphatic carbocycles. The summed E-state index contributed by atoms with van der Waals surface area (Å²) in [5.74, 6) is 11.0. The molecule has 5 N–H and O–H groups in total. The van der Waals surface area contributed by atoms with Gasteiger partial charge in [0.15, 0.2) is 5.84 Å². The van der Waals surface area contributed by atoms with Crippen LogP contribution in [0.15, 0.2) is 35.4 Å². The highest BCUT2D eigenvalue weighted by Crippen LogP contribution is 2.30. The van der Waals surface area contributed by atoms with E-state index in [0.29, 0.717) is 25.2 Å². The summed E-state index contributed by atoms with van der Waals surface area (Å²) in [4.78, 5) is 32.1. The van der Waals surface area contributed by atoms with Gasteiger partial charge in [0.05, 0.1) is 5.56 Å². The Bertz CT molecular complexity index is 1140. The molecule has 1 aliphatic heterocycles. The number of carbonyl (C=O) groups is 2. The first-order valence-electron chi connectivity index (χ1n) is 12.0. The lowest BCUT2D eigenvalue weighted by atomic mass is 9.95. The number of hydrazine groups is 1. The van der Waals surface area contributed by atoms with E-state index >= 15 is 0 Å². The monoisotopic (exact) mass is 481 g/mol. The number of amidine groups is 1. The molecule has 1 fully saturated rings. The van der Waals surface area contributed by atoms with Crippen molar-refractivity contribution in [3.8, 4) is 0 Å². The molecule has 0 unspecified atom stereocenters. The molecule has 0 saturated heterocycles. The summed E-state index contributed by atoms with van der Waals surface area (Å²) in [6.45, 7) is 4.71. The Balaban J connectivity index is 1.52. The van der Waals surface area contributed by atoms with Gasteiger partial charge in [-0.15, -0.1) is 0 Å². The number of hydrogen-bond acceptors (Lipinski definition) is 6. The molecule has 0 atom stereocenters. The average Bonchev–Trinajstić information content (AvgIpc) is 3.38. The van der Waals surface area contributed by atoms with Gasteiger partial charge in [-0.05, 0) is 68.5 Å². The smallest absolute Gasteiger partial charge is 0.259 e. The Morgan fingerprint density at radius 2 is 1.97 bits per heavy atom. The normalized spacial score (nSPS) is 16.4. The summed E-state index contributed by atoms with van der Waals surface area (Å²) in [5, 5.41) is 7.74. The number of rotatable bonds is 5. The molecule has 2 heterocycles. The standard InChI is InChI=1S/C25H32FN7O2/c1-15(2)33(28)23(31-27)21-8-5-9-22(29-21)30-24(34)19-12-18-14-32(11-10-17(18)13-20(19)26)25(35)16-6-3-4-7-16/h5,8-9,12-13,15-16H,3-4,6-7,10-11,14,27-28H2,1-2H3,(H,29,30,34)/b31-23-. The van der Waals surface area contributed by atoms with Crippen LogP contribution >= 0.6 is 0 Å². The van der Waals surface area contributed by atoms with Crippen molar-refractivity contribution in [3.63, 3.8) is 0 Å². The lowest BCUT2D eigenvalue weighted by molar-refractivity contribution is -0.136. The molecule has 0 radical (unpaired) electrons. The molecule has 4 rings (SSSR count). The van der Waals surface area contributed by atoms with E-state index in [9.17, 15) is 14.0 Å². The third-order valence-electron chi connectivity index (χ3n) is 6.71. The van der Waals surface area contributed by atoms with Crippen molar-refractivity contribution in [2.45, 2.75) is 58.5 Å². The minimum Gasteiger partial charge on any atom is -0.338 e. The quantitative estimate of drug-likeness (QED) is 0.261. The van der Waals surface area contributed by atoms with E-state index < -0.39 is 11.7 Å². The van der Waals surface area contributed by atoms with Crippen molar-refractivity contribution in [3.05, 3.63) is 58.5 Å². The van der Waals surface area contributed by atoms with Crippen molar-refractivity contribution in [1.82, 2.24) is 14.9 Å². The van der Waals surface area contributed by atoms with Gasteiger partial charge in [0, 0.05) is 25.0 Å². The molecule has 186 valence electrons. The predicted octanol–water partition coefficient (Wildman–Crippen LogP) is 2.75. The van der Waals surface area contributed by atoms with Gasteiger partial charge >= 0.3 is 0 Å². The summed E-state index contributed by atoms with van der Waals surface area (Å²) in [7, 11) is 0. The molecule has 2 aromatic rings. The van der Waals surface area contributed by atoms with Crippen molar-refractivity contribution < 1.29 is 14.0 Å². The van der Waals surface area contributed by atoms with Gasteiger partial charge in [-0.2, -0.15) is 5.10 Å². The summed E-state index contributed by atoms with van der Waals surface area (Å²) >= 11 is 0. The van der Waals surface area contributed by atoms with E-state index in [1.165, 1.54) is 11.1 Å². The number of nitrogens with zero attached hydrogens (tertiary/aromatic N) is 4. The van der Waals surface area contributed by atoms with Crippen molar-refractivity contribution in [1.29, 1.82) is 0 Å². The van der Waals surface area contributed by atoms with E-state index in [-0.39, 0.29) is 35.1 Å². The molecule has 0 bridgehead atoms. The van der Waals surface area contributed by atoms with Crippen molar-refractivity contribution in [2.75, 3.05) is 11.9 Å². The molecule has 1 aromatic heterocycles. The molecule has 2 amide bonds. The van der Waals surface area contributed by atoms with Crippen molar-refractivity contribution >= 4 is 23.5 Å². The van der Waals surface area contributed by atoms with Crippen LogP contribution in [0.4, 0.5) is 10.2 Å². The van der Waals surface area contributed by atoms with E-state index in [1.54, 1.807) is 24.3 Å². The average molecular weight is 482 g/mol. The molecule has 2 aliphatic rings. The highest BCUT2D eigenvalue weighted by atomic mass is 19.1. The van der Waals surface area contributed by atoms with Gasteiger partial charge < -0.3 is 16.1 Å². The van der Waals surface area contributed by atoms with Crippen LogP contribution < -0.4 is 17.0 Å². The highest BCUT2D eigenvalue weighted by Gasteiger charge is 2.30. The van der Waals surface area contributed by atoms with Crippen LogP contribution in [0.2, 0.25) is 0 Å². The van der Waals surface area contributed by atoms with Crippen LogP contribution in [0.25, 0.3) is 0 Å². The molecule has 1 saturated carbocycles. The lowest BCUT2D eigenvalue weighted by Crippen LogP contribution is -2.44. The van der Waals surface area contributed by atoms with E-state index in [4.69, 9.17) is 11.7 Å². The molecular formula is C25H32FN7O2. The molecule has 35 heavy (non-hydrogen) atoms. The van der Waals surface area contributed by atoms with Gasteiger partial charge in [0.2, 0.25) is 5.91 Å². The Morgan fingerprint density at radius 3 is 2.66 bits per heavy atom. The molecular weight excluding hydrogens is 449 g/mol. The van der Waals surface area contributed by atoms with E-state index in [0.717, 1.165) is 36.8 Å². The number of hydrogen-bond donors (Lipinski definition) is 3. The fraction of sp³-hybridized carbons (Fsp3) is 0.440. The fourth-order valence-corrected chi connectivity index (χ4v) is 4.69. The van der Waals surface area contributed by atoms with Crippen LogP contribution in [-0.4, -0.2) is 45.1 Å². The molecule has 10 heteroatoms. The maximum absolute atomic E-state index is 14.9. The predicted molar refractivity (Wildman–Crippen MR) is 132 cm³/mol. The largest absolute Gasteiger partial charge is 0.338 e. The lowest BCUT2D eigenvalue weighted by Gasteiger charge is -2.31. The summed E-state index contributed by atoms with van der Waals surface area (Å²) < 4.78 is 14.9. The number of nitrogens with one attached hydrogen (secondary N) is 1. The first-order chi connectivity index (χ1) is 16.8. The van der Waals surface area contributed by atoms with Crippen LogP contribution in [-0.2, 0) is 17.8 Å². The number of halogens is 1. The van der Waals surface area contributed by atoms with Crippen LogP contribution in [0, 0.1) is 11.7 Å². The Kier molecular flexibility index (Phi) is 7.30. The fourth-order valence-electron chi connectivity index (χ4n) is 4.69. The summed E-state index contributed by atoms with van der Waals surface area (Å²) in [6.07, 6.45) is 4.61. The number of amides is 2. The van der Waals surface area contributed by atoms with E-state index in [1.807, 2.05) is 18.7 Å². The second-order valence-electron chi connectivity index (χ2n) is 9.41. The van der Waals surface area contributed by atoms with Crippen LogP contribution in [0.1, 0.15) is 66.7 Å². The van der Waals surface area contributed by atoms with Gasteiger partial charge in [-0.3, -0.25) is 14.6 Å². The van der Waals surface area contributed by atoms with E-state index in [2.05, 4.69) is 15.4 Å². The maximum Gasteiger partial charge on any atom is 0.259 e. The number of pyridine rings is 1. The molecule has 0 spiro atoms. The highest BCUT2D eigenvalue weighted by molar-refractivity contribution is 6.04. The third-order valence-corrected chi connectivity index (χ3v) is 6.71. The number of hydrazone groups is 1. The van der Waals surface area contributed by atoms with Gasteiger partial charge in [-0.25, -0.2) is 15.2 Å². The van der Waals surface area contributed by atoms with Gasteiger partial charge in [-0.1, -0.05) is 18.9 Å². The van der Waals surface area contributed by atoms with Crippen molar-refractivity contribution in [2.24, 2.45) is 22.7 Å². The van der Waals surface area contributed by atoms with Gasteiger partial charge in [0.1, 0.15) is 17.3 Å². The first-order valence-corrected chi connectivity index (χ1v) is 12.0. The zero-order chi connectivity index (χ0) is 25.1. The second kappa shape index (κ2) is 10.4. The number of carbonyl (C=O) groups excluding carboxylic acids is 2. The summed E-state index contributed by atoms with van der Waals surface area (Å²) in [5.41, 5.74) is 1.90. The zero-order valence-electron chi connectivity index (χ0n) is 20.1. The zero-order valence-corrected chi connectivity index (χ0v) is 20.1. The maximum atomic E-state index is 14.9. The number of fused-ring (bicyclic) bond motifs is 1. The van der Waals surface area contributed by atoms with Crippen LogP contribution in [0.3, 0.4) is 0 Å². The minimum atomic E-state index is -0.631. The Morgan fingerprint density at radius 1 is 1.23 bits per heavy atom. The second-order valence-corrected chi connectivity index (χ2v) is 9.41. The third kappa shape index (κ3) is 5.27. The Labute approximate surface area is 204 Å². The molecule has 9 nitrogen and oxygen atoms in total. The van der Waals surface area contributed by atoms with Crippen LogP contribution in [0.5, 0.6) is 0 Å². The SMILES string of the molecule is CC(C)N(N)/C(=N\N)c1cccc(NC(=O)c2cc3c(cc2F)CCN(C(=O)C2CCCC2)C3)n1. The minimum absolute atomic E-state index is 0.0814. The van der Waals surface area contributed by atoms with Gasteiger partial charge in [0.25, 0.3) is 5.91 Å². The number of aromatic nitrogens is 1. The number of benzene rings is 1.